The number of nitrogens with one attached hydrogen (secondary N) is 1. The van der Waals surface area contributed by atoms with E-state index in [4.69, 9.17) is 0 Å². The standard InChI is InChI=1S/C16H23NO3S/c1-12-5-3-7-15(10-9-12)17-21(19,20)16-8-4-6-14(11-16)13(2)18/h4,6,8,11-12,15,17H,3,5,7,9-10H2,1-2H3. The maximum absolute atomic E-state index is 12.4. The molecule has 2 atom stereocenters. The number of Topliss-reactive ketones (excluding diaryl/α,β-unsaturated/α-hetero) is 1. The predicted molar refractivity (Wildman–Crippen MR) is 82.8 cm³/mol. The average Bonchev–Trinajstić information content (AvgIpc) is 2.63. The van der Waals surface area contributed by atoms with Gasteiger partial charge in [0, 0.05) is 11.6 Å². The number of hydrogen-bond donors (Lipinski definition) is 1. The van der Waals surface area contributed by atoms with Crippen molar-refractivity contribution in [1.29, 1.82) is 0 Å². The molecule has 0 aromatic heterocycles. The highest BCUT2D eigenvalue weighted by Crippen LogP contribution is 2.24. The lowest BCUT2D eigenvalue weighted by atomic mass is 10.0. The second-order valence-electron chi connectivity index (χ2n) is 6.02. The third-order valence-electron chi connectivity index (χ3n) is 4.13. The monoisotopic (exact) mass is 309 g/mol. The Balaban J connectivity index is 2.14. The van der Waals surface area contributed by atoms with Crippen molar-refractivity contribution in [2.75, 3.05) is 0 Å². The maximum atomic E-state index is 12.4. The van der Waals surface area contributed by atoms with Crippen LogP contribution in [0.3, 0.4) is 0 Å². The number of hydrogen-bond acceptors (Lipinski definition) is 3. The minimum Gasteiger partial charge on any atom is -0.295 e. The number of carbonyl (C=O) groups excluding carboxylic acids is 1. The van der Waals surface area contributed by atoms with Crippen LogP contribution >= 0.6 is 0 Å². The van der Waals surface area contributed by atoms with Gasteiger partial charge >= 0.3 is 0 Å². The lowest BCUT2D eigenvalue weighted by molar-refractivity contribution is 0.101. The molecule has 5 heteroatoms. The molecule has 0 spiro atoms. The molecule has 116 valence electrons. The summed E-state index contributed by atoms with van der Waals surface area (Å²) in [6.45, 7) is 3.65. The molecule has 1 N–H and O–H groups in total. The van der Waals surface area contributed by atoms with E-state index < -0.39 is 10.0 Å². The van der Waals surface area contributed by atoms with Crippen molar-refractivity contribution < 1.29 is 13.2 Å². The summed E-state index contributed by atoms with van der Waals surface area (Å²) >= 11 is 0. The number of carbonyl (C=O) groups is 1. The fourth-order valence-electron chi connectivity index (χ4n) is 2.77. The molecular weight excluding hydrogens is 286 g/mol. The van der Waals surface area contributed by atoms with Gasteiger partial charge in [0.2, 0.25) is 10.0 Å². The first kappa shape index (κ1) is 16.2. The van der Waals surface area contributed by atoms with Crippen molar-refractivity contribution in [1.82, 2.24) is 4.72 Å². The molecular formula is C16H23NO3S. The topological polar surface area (TPSA) is 63.2 Å². The van der Waals surface area contributed by atoms with E-state index in [1.54, 1.807) is 12.1 Å². The van der Waals surface area contributed by atoms with E-state index in [0.29, 0.717) is 11.5 Å². The third kappa shape index (κ3) is 4.38. The van der Waals surface area contributed by atoms with E-state index in [1.165, 1.54) is 19.1 Å². The summed E-state index contributed by atoms with van der Waals surface area (Å²) in [4.78, 5) is 11.6. The van der Waals surface area contributed by atoms with Crippen LogP contribution in [0, 0.1) is 5.92 Å². The van der Waals surface area contributed by atoms with Gasteiger partial charge in [0.15, 0.2) is 5.78 Å². The Bertz CT molecular complexity index is 610. The number of ketones is 1. The Morgan fingerprint density at radius 1 is 1.19 bits per heavy atom. The highest BCUT2D eigenvalue weighted by Gasteiger charge is 2.23. The lowest BCUT2D eigenvalue weighted by Crippen LogP contribution is -2.34. The van der Waals surface area contributed by atoms with E-state index in [0.717, 1.165) is 32.1 Å². The molecule has 0 saturated heterocycles. The SMILES string of the molecule is CC(=O)c1cccc(S(=O)(=O)NC2CCCC(C)CC2)c1. The van der Waals surface area contributed by atoms with Gasteiger partial charge in [-0.15, -0.1) is 0 Å². The summed E-state index contributed by atoms with van der Waals surface area (Å²) in [5.41, 5.74) is 0.423. The first-order valence-corrected chi connectivity index (χ1v) is 9.00. The summed E-state index contributed by atoms with van der Waals surface area (Å²) in [7, 11) is -3.55. The van der Waals surface area contributed by atoms with E-state index in [9.17, 15) is 13.2 Å². The molecule has 1 fully saturated rings. The molecule has 0 radical (unpaired) electrons. The summed E-state index contributed by atoms with van der Waals surface area (Å²) < 4.78 is 27.7. The quantitative estimate of drug-likeness (QED) is 0.686. The highest BCUT2D eigenvalue weighted by molar-refractivity contribution is 7.89. The zero-order valence-electron chi connectivity index (χ0n) is 12.6. The van der Waals surface area contributed by atoms with Crippen molar-refractivity contribution in [3.05, 3.63) is 29.8 Å². The Morgan fingerprint density at radius 3 is 2.67 bits per heavy atom. The minimum absolute atomic E-state index is 0.000865. The summed E-state index contributed by atoms with van der Waals surface area (Å²) in [6.07, 6.45) is 5.04. The Kier molecular flexibility index (Phi) is 5.17. The fourth-order valence-corrected chi connectivity index (χ4v) is 4.13. The molecule has 0 bridgehead atoms. The Hall–Kier alpha value is -1.20. The molecule has 1 aromatic rings. The molecule has 1 aliphatic rings. The average molecular weight is 309 g/mol. The molecule has 1 saturated carbocycles. The van der Waals surface area contributed by atoms with Crippen molar-refractivity contribution in [2.45, 2.75) is 56.9 Å². The Morgan fingerprint density at radius 2 is 1.95 bits per heavy atom. The second kappa shape index (κ2) is 6.71. The van der Waals surface area contributed by atoms with Crippen LogP contribution in [-0.2, 0) is 10.0 Å². The lowest BCUT2D eigenvalue weighted by Gasteiger charge is -2.16. The van der Waals surface area contributed by atoms with Crippen molar-refractivity contribution in [2.24, 2.45) is 5.92 Å². The van der Waals surface area contributed by atoms with Crippen LogP contribution in [0.4, 0.5) is 0 Å². The first-order chi connectivity index (χ1) is 9.88. The van der Waals surface area contributed by atoms with Gasteiger partial charge in [0.05, 0.1) is 4.90 Å². The molecule has 4 nitrogen and oxygen atoms in total. The van der Waals surface area contributed by atoms with E-state index in [-0.39, 0.29) is 16.7 Å². The van der Waals surface area contributed by atoms with E-state index >= 15 is 0 Å². The van der Waals surface area contributed by atoms with Crippen LogP contribution in [-0.4, -0.2) is 20.2 Å². The van der Waals surface area contributed by atoms with Crippen molar-refractivity contribution >= 4 is 15.8 Å². The van der Waals surface area contributed by atoms with Gasteiger partial charge in [-0.3, -0.25) is 4.79 Å². The predicted octanol–water partition coefficient (Wildman–Crippen LogP) is 3.14. The van der Waals surface area contributed by atoms with Gasteiger partial charge in [-0.1, -0.05) is 31.9 Å². The van der Waals surface area contributed by atoms with Crippen LogP contribution in [0.5, 0.6) is 0 Å². The molecule has 0 amide bonds. The molecule has 2 unspecified atom stereocenters. The first-order valence-electron chi connectivity index (χ1n) is 7.52. The molecule has 1 aromatic carbocycles. The molecule has 2 rings (SSSR count). The normalized spacial score (nSPS) is 23.5. The largest absolute Gasteiger partial charge is 0.295 e. The number of rotatable bonds is 4. The van der Waals surface area contributed by atoms with Crippen LogP contribution in [0.25, 0.3) is 0 Å². The third-order valence-corrected chi connectivity index (χ3v) is 5.65. The zero-order valence-corrected chi connectivity index (χ0v) is 13.4. The molecule has 21 heavy (non-hydrogen) atoms. The number of sulfonamides is 1. The minimum atomic E-state index is -3.55. The van der Waals surface area contributed by atoms with Gasteiger partial charge < -0.3 is 0 Å². The van der Waals surface area contributed by atoms with E-state index in [1.807, 2.05) is 0 Å². The van der Waals surface area contributed by atoms with Gasteiger partial charge in [0.1, 0.15) is 0 Å². The smallest absolute Gasteiger partial charge is 0.240 e. The summed E-state index contributed by atoms with van der Waals surface area (Å²) in [5, 5.41) is 0. The zero-order chi connectivity index (χ0) is 15.5. The van der Waals surface area contributed by atoms with Crippen LogP contribution < -0.4 is 4.72 Å². The summed E-state index contributed by atoms with van der Waals surface area (Å²) in [5.74, 6) is 0.538. The molecule has 0 aliphatic heterocycles. The van der Waals surface area contributed by atoms with Crippen molar-refractivity contribution in [3.63, 3.8) is 0 Å². The fraction of sp³-hybridized carbons (Fsp3) is 0.562. The van der Waals surface area contributed by atoms with Crippen molar-refractivity contribution in [3.8, 4) is 0 Å². The maximum Gasteiger partial charge on any atom is 0.240 e. The molecule has 0 heterocycles. The second-order valence-corrected chi connectivity index (χ2v) is 7.73. The highest BCUT2D eigenvalue weighted by atomic mass is 32.2. The number of benzene rings is 1. The van der Waals surface area contributed by atoms with E-state index in [2.05, 4.69) is 11.6 Å². The summed E-state index contributed by atoms with van der Waals surface area (Å²) in [6, 6.07) is 6.23. The van der Waals surface area contributed by atoms with Gasteiger partial charge in [0.25, 0.3) is 0 Å². The Labute approximate surface area is 127 Å². The van der Waals surface area contributed by atoms with Gasteiger partial charge in [-0.25, -0.2) is 13.1 Å². The van der Waals surface area contributed by atoms with Crippen LogP contribution in [0.2, 0.25) is 0 Å². The van der Waals surface area contributed by atoms with Crippen LogP contribution in [0.1, 0.15) is 56.3 Å². The van der Waals surface area contributed by atoms with Crippen LogP contribution in [0.15, 0.2) is 29.2 Å². The van der Waals surface area contributed by atoms with Gasteiger partial charge in [-0.05, 0) is 44.2 Å². The molecule has 1 aliphatic carbocycles. The van der Waals surface area contributed by atoms with Gasteiger partial charge in [-0.2, -0.15) is 0 Å².